The molecule has 0 aliphatic heterocycles. The number of hydrogen-bond acceptors (Lipinski definition) is 3. The number of pyridine rings is 1. The molecule has 1 aliphatic carbocycles. The van der Waals surface area contributed by atoms with Gasteiger partial charge in [0.25, 0.3) is 0 Å². The largest absolute Gasteiger partial charge is 0.331 e. The van der Waals surface area contributed by atoms with Crippen LogP contribution in [0, 0.1) is 6.92 Å². The second-order valence-electron chi connectivity index (χ2n) is 5.88. The van der Waals surface area contributed by atoms with E-state index < -0.39 is 0 Å². The third-order valence-corrected chi connectivity index (χ3v) is 5.06. The minimum Gasteiger partial charge on any atom is -0.331 e. The van der Waals surface area contributed by atoms with Crippen molar-refractivity contribution < 1.29 is 4.79 Å². The first-order valence-electron chi connectivity index (χ1n) is 7.63. The van der Waals surface area contributed by atoms with Crippen LogP contribution in [0.2, 0.25) is 0 Å². The van der Waals surface area contributed by atoms with Gasteiger partial charge in [0.1, 0.15) is 0 Å². The molecular formula is C17H21N3OS. The van der Waals surface area contributed by atoms with E-state index in [4.69, 9.17) is 0 Å². The highest BCUT2D eigenvalue weighted by atomic mass is 32.1. The minimum absolute atomic E-state index is 0.0357. The quantitative estimate of drug-likeness (QED) is 0.939. The van der Waals surface area contributed by atoms with Crippen molar-refractivity contribution in [2.75, 3.05) is 7.05 Å². The molecule has 0 spiro atoms. The molecule has 0 saturated carbocycles. The molecule has 4 nitrogen and oxygen atoms in total. The number of urea groups is 1. The van der Waals surface area contributed by atoms with E-state index in [9.17, 15) is 4.79 Å². The molecule has 1 N–H and O–H groups in total. The topological polar surface area (TPSA) is 45.2 Å². The van der Waals surface area contributed by atoms with Crippen LogP contribution in [0.15, 0.2) is 29.8 Å². The number of nitrogens with one attached hydrogen (secondary N) is 1. The van der Waals surface area contributed by atoms with E-state index in [0.29, 0.717) is 6.54 Å². The second kappa shape index (κ2) is 6.48. The van der Waals surface area contributed by atoms with Gasteiger partial charge < -0.3 is 10.2 Å². The van der Waals surface area contributed by atoms with E-state index in [1.54, 1.807) is 16.2 Å². The summed E-state index contributed by atoms with van der Waals surface area (Å²) in [6, 6.07) is 6.25. The summed E-state index contributed by atoms with van der Waals surface area (Å²) in [6.45, 7) is 2.53. The highest BCUT2D eigenvalue weighted by molar-refractivity contribution is 7.10. The molecule has 0 saturated heterocycles. The van der Waals surface area contributed by atoms with Crippen LogP contribution >= 0.6 is 11.3 Å². The van der Waals surface area contributed by atoms with Gasteiger partial charge in [-0.15, -0.1) is 11.3 Å². The predicted octanol–water partition coefficient (Wildman–Crippen LogP) is 3.67. The molecule has 1 atom stereocenters. The van der Waals surface area contributed by atoms with Crippen LogP contribution in [-0.2, 0) is 13.0 Å². The summed E-state index contributed by atoms with van der Waals surface area (Å²) < 4.78 is 0. The summed E-state index contributed by atoms with van der Waals surface area (Å²) >= 11 is 1.79. The van der Waals surface area contributed by atoms with Crippen molar-refractivity contribution in [3.8, 4) is 0 Å². The molecule has 2 amide bonds. The molecule has 0 bridgehead atoms. The average molecular weight is 315 g/mol. The van der Waals surface area contributed by atoms with Crippen LogP contribution in [0.1, 0.15) is 40.6 Å². The van der Waals surface area contributed by atoms with Crippen molar-refractivity contribution in [3.05, 3.63) is 51.5 Å². The summed E-state index contributed by atoms with van der Waals surface area (Å²) in [4.78, 5) is 19.9. The molecule has 22 heavy (non-hydrogen) atoms. The number of nitrogens with zero attached hydrogens (tertiary/aromatic N) is 2. The summed E-state index contributed by atoms with van der Waals surface area (Å²) in [5, 5.41) is 5.28. The van der Waals surface area contributed by atoms with Crippen molar-refractivity contribution in [1.29, 1.82) is 0 Å². The zero-order chi connectivity index (χ0) is 15.5. The fraction of sp³-hybridized carbons (Fsp3) is 0.412. The van der Waals surface area contributed by atoms with E-state index in [0.717, 1.165) is 30.5 Å². The van der Waals surface area contributed by atoms with E-state index in [1.807, 2.05) is 32.3 Å². The Hall–Kier alpha value is -1.88. The highest BCUT2D eigenvalue weighted by Crippen LogP contribution is 2.33. The highest BCUT2D eigenvalue weighted by Gasteiger charge is 2.23. The number of carbonyl (C=O) groups is 1. The average Bonchev–Trinajstić information content (AvgIpc) is 2.99. The SMILES string of the molecule is Cc1ccc(CN(C)C(=O)N[C@@H]2CCCc3sccc32)nc1. The van der Waals surface area contributed by atoms with Crippen LogP contribution in [0.3, 0.4) is 0 Å². The third-order valence-electron chi connectivity index (χ3n) is 4.07. The van der Waals surface area contributed by atoms with Crippen molar-refractivity contribution in [1.82, 2.24) is 15.2 Å². The summed E-state index contributed by atoms with van der Waals surface area (Å²) in [5.41, 5.74) is 3.33. The van der Waals surface area contributed by atoms with Crippen LogP contribution < -0.4 is 5.32 Å². The molecule has 2 aromatic rings. The summed E-state index contributed by atoms with van der Waals surface area (Å²) in [7, 11) is 1.81. The minimum atomic E-state index is -0.0357. The van der Waals surface area contributed by atoms with E-state index in [-0.39, 0.29) is 12.1 Å². The van der Waals surface area contributed by atoms with E-state index in [1.165, 1.54) is 10.4 Å². The van der Waals surface area contributed by atoms with Gasteiger partial charge in [-0.25, -0.2) is 4.79 Å². The zero-order valence-corrected chi connectivity index (χ0v) is 13.8. The fourth-order valence-electron chi connectivity index (χ4n) is 2.80. The number of aryl methyl sites for hydroxylation is 2. The van der Waals surface area contributed by atoms with Gasteiger partial charge in [0, 0.05) is 18.1 Å². The Bertz CT molecular complexity index is 650. The lowest BCUT2D eigenvalue weighted by atomic mass is 9.94. The first-order chi connectivity index (χ1) is 10.6. The number of rotatable bonds is 3. The molecule has 0 aromatic carbocycles. The Morgan fingerprint density at radius 1 is 1.45 bits per heavy atom. The van der Waals surface area contributed by atoms with Crippen molar-refractivity contribution in [3.63, 3.8) is 0 Å². The lowest BCUT2D eigenvalue weighted by Gasteiger charge is -2.26. The monoisotopic (exact) mass is 315 g/mol. The maximum absolute atomic E-state index is 12.4. The van der Waals surface area contributed by atoms with Crippen LogP contribution in [0.4, 0.5) is 4.79 Å². The maximum Gasteiger partial charge on any atom is 0.317 e. The van der Waals surface area contributed by atoms with Gasteiger partial charge in [0.15, 0.2) is 0 Å². The first kappa shape index (κ1) is 15.0. The Morgan fingerprint density at radius 3 is 3.09 bits per heavy atom. The molecule has 1 aliphatic rings. The fourth-order valence-corrected chi connectivity index (χ4v) is 3.79. The molecule has 116 valence electrons. The van der Waals surface area contributed by atoms with E-state index in [2.05, 4.69) is 21.7 Å². The Morgan fingerprint density at radius 2 is 2.32 bits per heavy atom. The molecule has 2 heterocycles. The van der Waals surface area contributed by atoms with Crippen molar-refractivity contribution in [2.45, 2.75) is 38.8 Å². The molecule has 2 aromatic heterocycles. The molecule has 0 unspecified atom stereocenters. The third kappa shape index (κ3) is 3.30. The van der Waals surface area contributed by atoms with Gasteiger partial charge in [-0.05, 0) is 54.8 Å². The van der Waals surface area contributed by atoms with Gasteiger partial charge in [-0.3, -0.25) is 4.98 Å². The zero-order valence-electron chi connectivity index (χ0n) is 13.0. The number of thiophene rings is 1. The van der Waals surface area contributed by atoms with Crippen LogP contribution in [0.25, 0.3) is 0 Å². The molecular weight excluding hydrogens is 294 g/mol. The van der Waals surface area contributed by atoms with Crippen LogP contribution in [0.5, 0.6) is 0 Å². The summed E-state index contributed by atoms with van der Waals surface area (Å²) in [5.74, 6) is 0. The van der Waals surface area contributed by atoms with Crippen LogP contribution in [-0.4, -0.2) is 23.0 Å². The number of hydrogen-bond donors (Lipinski definition) is 1. The number of aromatic nitrogens is 1. The lowest BCUT2D eigenvalue weighted by molar-refractivity contribution is 0.200. The van der Waals surface area contributed by atoms with Crippen molar-refractivity contribution in [2.24, 2.45) is 0 Å². The smallest absolute Gasteiger partial charge is 0.317 e. The normalized spacial score (nSPS) is 16.9. The van der Waals surface area contributed by atoms with Gasteiger partial charge in [-0.2, -0.15) is 0 Å². The standard InChI is InChI=1S/C17H21N3OS/c1-12-6-7-13(18-10-12)11-20(2)17(21)19-15-4-3-5-16-14(15)8-9-22-16/h6-10,15H,3-5,11H2,1-2H3,(H,19,21)/t15-/m1/s1. The molecule has 0 radical (unpaired) electrons. The first-order valence-corrected chi connectivity index (χ1v) is 8.51. The Labute approximate surface area is 135 Å². The van der Waals surface area contributed by atoms with Crippen molar-refractivity contribution >= 4 is 17.4 Å². The van der Waals surface area contributed by atoms with E-state index >= 15 is 0 Å². The van der Waals surface area contributed by atoms with Gasteiger partial charge >= 0.3 is 6.03 Å². The Kier molecular flexibility index (Phi) is 4.43. The molecule has 3 rings (SSSR count). The number of amides is 2. The molecule has 5 heteroatoms. The van der Waals surface area contributed by atoms with Gasteiger partial charge in [-0.1, -0.05) is 6.07 Å². The van der Waals surface area contributed by atoms with Gasteiger partial charge in [0.05, 0.1) is 18.3 Å². The molecule has 0 fully saturated rings. The second-order valence-corrected chi connectivity index (χ2v) is 6.88. The number of fused-ring (bicyclic) bond motifs is 1. The Balaban J connectivity index is 1.61. The summed E-state index contributed by atoms with van der Waals surface area (Å²) in [6.07, 6.45) is 5.14. The number of carbonyl (C=O) groups excluding carboxylic acids is 1. The van der Waals surface area contributed by atoms with Gasteiger partial charge in [0.2, 0.25) is 0 Å². The maximum atomic E-state index is 12.4. The predicted molar refractivity (Wildman–Crippen MR) is 89.0 cm³/mol. The lowest BCUT2D eigenvalue weighted by Crippen LogP contribution is -2.39.